The lowest BCUT2D eigenvalue weighted by Gasteiger charge is -2.39. The Bertz CT molecular complexity index is 816. The Morgan fingerprint density at radius 2 is 1.96 bits per heavy atom. The van der Waals surface area contributed by atoms with Crippen LogP contribution in [0.1, 0.15) is 36.5 Å². The lowest BCUT2D eigenvalue weighted by atomic mass is 9.90. The Kier molecular flexibility index (Phi) is 5.37. The van der Waals surface area contributed by atoms with Crippen molar-refractivity contribution < 1.29 is 19.2 Å². The van der Waals surface area contributed by atoms with Crippen LogP contribution in [0.25, 0.3) is 11.3 Å². The number of amides is 1. The van der Waals surface area contributed by atoms with Crippen molar-refractivity contribution in [2.24, 2.45) is 0 Å². The smallest absolute Gasteiger partial charge is 0.261 e. The monoisotopic (exact) mass is 385 g/mol. The number of anilines is 1. The van der Waals surface area contributed by atoms with Crippen LogP contribution in [0.15, 0.2) is 34.9 Å². The minimum absolute atomic E-state index is 0.131. The molecule has 0 aliphatic carbocycles. The molecule has 1 N–H and O–H groups in total. The van der Waals surface area contributed by atoms with Gasteiger partial charge in [-0.15, -0.1) is 0 Å². The molecule has 1 unspecified atom stereocenters. The number of carbonyl (C=O) groups excluding carboxylic acids is 1. The van der Waals surface area contributed by atoms with Crippen LogP contribution < -0.4 is 4.90 Å². The summed E-state index contributed by atoms with van der Waals surface area (Å²) in [6.07, 6.45) is 2.13. The zero-order valence-corrected chi connectivity index (χ0v) is 16.3. The van der Waals surface area contributed by atoms with E-state index in [2.05, 4.69) is 5.16 Å². The summed E-state index contributed by atoms with van der Waals surface area (Å²) in [7, 11) is 0. The maximum Gasteiger partial charge on any atom is 0.261 e. The van der Waals surface area contributed by atoms with Gasteiger partial charge in [0.1, 0.15) is 5.56 Å². The third-order valence-corrected chi connectivity index (χ3v) is 5.74. The normalized spacial score (nSPS) is 23.1. The van der Waals surface area contributed by atoms with Crippen molar-refractivity contribution in [3.63, 3.8) is 0 Å². The number of likely N-dealkylation sites (tertiary alicyclic amines) is 1. The maximum absolute atomic E-state index is 13.6. The van der Waals surface area contributed by atoms with Crippen molar-refractivity contribution >= 4 is 11.7 Å². The Hall–Kier alpha value is -2.38. The summed E-state index contributed by atoms with van der Waals surface area (Å²) >= 11 is 0. The summed E-state index contributed by atoms with van der Waals surface area (Å²) in [5.41, 5.74) is 0.478. The van der Waals surface area contributed by atoms with Crippen molar-refractivity contribution in [3.05, 3.63) is 35.9 Å². The number of hydrogen-bond donors (Lipinski definition) is 1. The van der Waals surface area contributed by atoms with Gasteiger partial charge in [-0.3, -0.25) is 4.79 Å². The average molecular weight is 385 g/mol. The first-order valence-corrected chi connectivity index (χ1v) is 10.0. The first kappa shape index (κ1) is 19.0. The standard InChI is InChI=1S/C21H27N3O4/c1-2-21(26)9-6-10-24(15-21)20(25)17-18(16-7-4-3-5-8-16)28-22-19(17)23-11-13-27-14-12-23/h3-5,7-8,26H,2,6,9-15H2,1H3. The molecule has 2 aromatic rings. The van der Waals surface area contributed by atoms with E-state index in [4.69, 9.17) is 9.26 Å². The fourth-order valence-corrected chi connectivity index (χ4v) is 3.98. The third kappa shape index (κ3) is 3.64. The summed E-state index contributed by atoms with van der Waals surface area (Å²) in [4.78, 5) is 17.4. The van der Waals surface area contributed by atoms with Crippen LogP contribution in [0.4, 0.5) is 5.82 Å². The van der Waals surface area contributed by atoms with Gasteiger partial charge in [-0.25, -0.2) is 0 Å². The van der Waals surface area contributed by atoms with Crippen LogP contribution >= 0.6 is 0 Å². The van der Waals surface area contributed by atoms with Gasteiger partial charge in [0.25, 0.3) is 5.91 Å². The lowest BCUT2D eigenvalue weighted by Crippen LogP contribution is -2.50. The van der Waals surface area contributed by atoms with Gasteiger partial charge < -0.3 is 24.2 Å². The average Bonchev–Trinajstić information content (AvgIpc) is 3.19. The van der Waals surface area contributed by atoms with Gasteiger partial charge in [0.05, 0.1) is 18.8 Å². The number of ether oxygens (including phenoxy) is 1. The highest BCUT2D eigenvalue weighted by molar-refractivity contribution is 6.04. The van der Waals surface area contributed by atoms with Gasteiger partial charge in [-0.2, -0.15) is 0 Å². The molecule has 0 radical (unpaired) electrons. The zero-order valence-electron chi connectivity index (χ0n) is 16.3. The molecular weight excluding hydrogens is 358 g/mol. The number of morpholine rings is 1. The minimum Gasteiger partial charge on any atom is -0.388 e. The molecule has 7 nitrogen and oxygen atoms in total. The summed E-state index contributed by atoms with van der Waals surface area (Å²) < 4.78 is 11.1. The third-order valence-electron chi connectivity index (χ3n) is 5.74. The maximum atomic E-state index is 13.6. The van der Waals surface area contributed by atoms with E-state index in [0.717, 1.165) is 18.4 Å². The van der Waals surface area contributed by atoms with Crippen LogP contribution in [-0.2, 0) is 4.74 Å². The number of rotatable bonds is 4. The Morgan fingerprint density at radius 1 is 1.21 bits per heavy atom. The predicted octanol–water partition coefficient (Wildman–Crippen LogP) is 2.56. The molecule has 2 aliphatic rings. The molecule has 0 spiro atoms. The Morgan fingerprint density at radius 3 is 2.68 bits per heavy atom. The van der Waals surface area contributed by atoms with Crippen molar-refractivity contribution in [2.45, 2.75) is 31.8 Å². The molecule has 2 saturated heterocycles. The van der Waals surface area contributed by atoms with E-state index in [-0.39, 0.29) is 5.91 Å². The number of β-amino-alcohol motifs (C(OH)–C–C–N with tert-alkyl or cyclic N) is 1. The van der Waals surface area contributed by atoms with Gasteiger partial charge >= 0.3 is 0 Å². The molecule has 28 heavy (non-hydrogen) atoms. The van der Waals surface area contributed by atoms with Crippen LogP contribution in [0.3, 0.4) is 0 Å². The molecule has 1 amide bonds. The number of hydrogen-bond acceptors (Lipinski definition) is 6. The van der Waals surface area contributed by atoms with Crippen molar-refractivity contribution in [3.8, 4) is 11.3 Å². The number of aromatic nitrogens is 1. The highest BCUT2D eigenvalue weighted by Crippen LogP contribution is 2.34. The van der Waals surface area contributed by atoms with Crippen molar-refractivity contribution in [2.75, 3.05) is 44.3 Å². The highest BCUT2D eigenvalue weighted by Gasteiger charge is 2.37. The second-order valence-corrected chi connectivity index (χ2v) is 7.58. The van der Waals surface area contributed by atoms with E-state index < -0.39 is 5.60 Å². The summed E-state index contributed by atoms with van der Waals surface area (Å²) in [6, 6.07) is 9.59. The largest absolute Gasteiger partial charge is 0.388 e. The van der Waals surface area contributed by atoms with Crippen LogP contribution in [-0.4, -0.2) is 66.1 Å². The predicted molar refractivity (Wildman–Crippen MR) is 105 cm³/mol. The van der Waals surface area contributed by atoms with Crippen LogP contribution in [0.5, 0.6) is 0 Å². The number of nitrogens with zero attached hydrogens (tertiary/aromatic N) is 3. The Balaban J connectivity index is 1.72. The SMILES string of the molecule is CCC1(O)CCCN(C(=O)c2c(N3CCOCC3)noc2-c2ccccc2)C1. The van der Waals surface area contributed by atoms with Crippen molar-refractivity contribution in [1.29, 1.82) is 0 Å². The van der Waals surface area contributed by atoms with E-state index in [1.54, 1.807) is 4.90 Å². The number of piperidine rings is 1. The first-order chi connectivity index (χ1) is 13.6. The van der Waals surface area contributed by atoms with E-state index in [9.17, 15) is 9.90 Å². The quantitative estimate of drug-likeness (QED) is 0.871. The molecule has 3 heterocycles. The fraction of sp³-hybridized carbons (Fsp3) is 0.524. The van der Waals surface area contributed by atoms with Gasteiger partial charge in [0.2, 0.25) is 0 Å². The number of aliphatic hydroxyl groups is 1. The molecule has 1 aromatic carbocycles. The molecule has 2 aliphatic heterocycles. The summed E-state index contributed by atoms with van der Waals surface area (Å²) in [5, 5.41) is 15.0. The zero-order chi connectivity index (χ0) is 19.6. The molecule has 1 atom stereocenters. The second-order valence-electron chi connectivity index (χ2n) is 7.58. The highest BCUT2D eigenvalue weighted by atomic mass is 16.5. The Labute approximate surface area is 164 Å². The molecule has 150 valence electrons. The molecule has 7 heteroatoms. The summed E-state index contributed by atoms with van der Waals surface area (Å²) in [5.74, 6) is 0.920. The molecular formula is C21H27N3O4. The van der Waals surface area contributed by atoms with Crippen molar-refractivity contribution in [1.82, 2.24) is 10.1 Å². The molecule has 2 fully saturated rings. The van der Waals surface area contributed by atoms with Gasteiger partial charge in [-0.05, 0) is 19.3 Å². The summed E-state index contributed by atoms with van der Waals surface area (Å²) in [6.45, 7) is 5.45. The van der Waals surface area contributed by atoms with E-state index in [1.807, 2.05) is 42.2 Å². The fourth-order valence-electron chi connectivity index (χ4n) is 3.98. The lowest BCUT2D eigenvalue weighted by molar-refractivity contribution is -0.0269. The molecule has 4 rings (SSSR count). The first-order valence-electron chi connectivity index (χ1n) is 10.0. The molecule has 1 aromatic heterocycles. The molecule has 0 bridgehead atoms. The van der Waals surface area contributed by atoms with Crippen LogP contribution in [0.2, 0.25) is 0 Å². The number of benzene rings is 1. The second kappa shape index (κ2) is 7.93. The van der Waals surface area contributed by atoms with Crippen LogP contribution in [0, 0.1) is 0 Å². The molecule has 0 saturated carbocycles. The van der Waals surface area contributed by atoms with Gasteiger partial charge in [-0.1, -0.05) is 42.4 Å². The topological polar surface area (TPSA) is 79.0 Å². The van der Waals surface area contributed by atoms with E-state index in [0.29, 0.717) is 63.0 Å². The van der Waals surface area contributed by atoms with Gasteiger partial charge in [0.15, 0.2) is 11.6 Å². The minimum atomic E-state index is -0.822. The van der Waals surface area contributed by atoms with Gasteiger partial charge in [0, 0.05) is 31.7 Å². The van der Waals surface area contributed by atoms with E-state index in [1.165, 1.54) is 0 Å². The number of carbonyl (C=O) groups is 1. The van der Waals surface area contributed by atoms with E-state index >= 15 is 0 Å².